The summed E-state index contributed by atoms with van der Waals surface area (Å²) >= 11 is 5.38. The zero-order chi connectivity index (χ0) is 18.2. The minimum Gasteiger partial charge on any atom is -0.492 e. The van der Waals surface area contributed by atoms with Crippen molar-refractivity contribution >= 4 is 28.7 Å². The number of nitrogens with zero attached hydrogens (tertiary/aromatic N) is 1. The second kappa shape index (κ2) is 9.68. The molecule has 1 heterocycles. The number of benzene rings is 1. The van der Waals surface area contributed by atoms with Gasteiger partial charge in [0.1, 0.15) is 11.5 Å². The highest BCUT2D eigenvalue weighted by atomic mass is 32.1. The second-order valence-corrected chi connectivity index (χ2v) is 6.44. The molecule has 2 rings (SSSR count). The molecular formula is C18H29N3O3S. The van der Waals surface area contributed by atoms with Crippen LogP contribution in [-0.4, -0.2) is 50.7 Å². The van der Waals surface area contributed by atoms with Crippen LogP contribution >= 0.6 is 12.2 Å². The van der Waals surface area contributed by atoms with Gasteiger partial charge in [-0.2, -0.15) is 0 Å². The molecule has 1 aromatic carbocycles. The Labute approximate surface area is 155 Å². The molecule has 0 aliphatic carbocycles. The van der Waals surface area contributed by atoms with Gasteiger partial charge in [0.25, 0.3) is 0 Å². The first-order valence-corrected chi connectivity index (χ1v) is 9.29. The van der Waals surface area contributed by atoms with E-state index in [2.05, 4.69) is 15.5 Å². The Morgan fingerprint density at radius 1 is 1.16 bits per heavy atom. The molecule has 6 nitrogen and oxygen atoms in total. The Hall–Kier alpha value is -1.73. The number of ether oxygens (including phenoxy) is 3. The minimum absolute atomic E-state index is 0.259. The number of thiocarbonyl (C=S) groups is 1. The molecule has 140 valence electrons. The lowest BCUT2D eigenvalue weighted by Gasteiger charge is -2.31. The monoisotopic (exact) mass is 367 g/mol. The standard InChI is InChI=1S/C18H29N3O3S/c1-5-23-16-12-15(21-7-9-22-10-8-21)17(24-6-2)11-14(16)20-18(25)19-13(3)4/h11-13H,5-10H2,1-4H3,(H2,19,20,25). The van der Waals surface area contributed by atoms with Gasteiger partial charge in [-0.1, -0.05) is 0 Å². The van der Waals surface area contributed by atoms with Crippen LogP contribution in [0.1, 0.15) is 27.7 Å². The van der Waals surface area contributed by atoms with Gasteiger partial charge in [-0.05, 0) is 39.9 Å². The molecule has 0 unspecified atom stereocenters. The number of morpholine rings is 1. The topological polar surface area (TPSA) is 55.0 Å². The molecule has 1 saturated heterocycles. The van der Waals surface area contributed by atoms with Crippen molar-refractivity contribution in [3.05, 3.63) is 12.1 Å². The summed E-state index contributed by atoms with van der Waals surface area (Å²) in [7, 11) is 0. The maximum atomic E-state index is 5.88. The van der Waals surface area contributed by atoms with E-state index in [1.807, 2.05) is 39.8 Å². The lowest BCUT2D eigenvalue weighted by atomic mass is 10.2. The minimum atomic E-state index is 0.259. The Bertz CT molecular complexity index is 575. The number of hydrogen-bond acceptors (Lipinski definition) is 5. The highest BCUT2D eigenvalue weighted by Gasteiger charge is 2.20. The average Bonchev–Trinajstić information content (AvgIpc) is 2.57. The highest BCUT2D eigenvalue weighted by molar-refractivity contribution is 7.80. The fourth-order valence-electron chi connectivity index (χ4n) is 2.66. The maximum Gasteiger partial charge on any atom is 0.171 e. The van der Waals surface area contributed by atoms with E-state index in [1.165, 1.54) is 0 Å². The third kappa shape index (κ3) is 5.64. The van der Waals surface area contributed by atoms with E-state index in [0.717, 1.165) is 49.2 Å². The third-order valence-corrected chi connectivity index (χ3v) is 3.90. The molecule has 0 saturated carbocycles. The van der Waals surface area contributed by atoms with Crippen molar-refractivity contribution in [3.63, 3.8) is 0 Å². The lowest BCUT2D eigenvalue weighted by Crippen LogP contribution is -2.36. The molecule has 0 amide bonds. The zero-order valence-electron chi connectivity index (χ0n) is 15.6. The number of hydrogen-bond donors (Lipinski definition) is 2. The van der Waals surface area contributed by atoms with Crippen molar-refractivity contribution in [2.45, 2.75) is 33.7 Å². The van der Waals surface area contributed by atoms with Crippen molar-refractivity contribution in [2.24, 2.45) is 0 Å². The molecule has 0 bridgehead atoms. The summed E-state index contributed by atoms with van der Waals surface area (Å²) in [5.74, 6) is 1.59. The fourth-order valence-corrected chi connectivity index (χ4v) is 3.01. The maximum absolute atomic E-state index is 5.88. The number of anilines is 2. The van der Waals surface area contributed by atoms with Crippen LogP contribution in [0.4, 0.5) is 11.4 Å². The Kier molecular flexibility index (Phi) is 7.58. The average molecular weight is 368 g/mol. The van der Waals surface area contributed by atoms with Crippen LogP contribution in [0, 0.1) is 0 Å². The van der Waals surface area contributed by atoms with Crippen LogP contribution in [-0.2, 0) is 4.74 Å². The molecular weight excluding hydrogens is 338 g/mol. The molecule has 1 aliphatic rings. The van der Waals surface area contributed by atoms with E-state index in [0.29, 0.717) is 18.3 Å². The summed E-state index contributed by atoms with van der Waals surface area (Å²) in [5.41, 5.74) is 1.84. The molecule has 2 N–H and O–H groups in total. The van der Waals surface area contributed by atoms with E-state index in [4.69, 9.17) is 26.4 Å². The summed E-state index contributed by atoms with van der Waals surface area (Å²) < 4.78 is 17.2. The summed E-state index contributed by atoms with van der Waals surface area (Å²) in [6.45, 7) is 12.3. The molecule has 0 radical (unpaired) electrons. The molecule has 1 fully saturated rings. The summed E-state index contributed by atoms with van der Waals surface area (Å²) in [5, 5.41) is 6.98. The Morgan fingerprint density at radius 2 is 1.80 bits per heavy atom. The third-order valence-electron chi connectivity index (χ3n) is 3.68. The van der Waals surface area contributed by atoms with E-state index in [-0.39, 0.29) is 6.04 Å². The van der Waals surface area contributed by atoms with E-state index < -0.39 is 0 Å². The van der Waals surface area contributed by atoms with Crippen molar-refractivity contribution in [3.8, 4) is 11.5 Å². The van der Waals surface area contributed by atoms with Gasteiger partial charge in [-0.3, -0.25) is 0 Å². The van der Waals surface area contributed by atoms with Crippen LogP contribution in [0.2, 0.25) is 0 Å². The van der Waals surface area contributed by atoms with E-state index in [9.17, 15) is 0 Å². The van der Waals surface area contributed by atoms with Gasteiger partial charge in [-0.15, -0.1) is 0 Å². The molecule has 0 atom stereocenters. The van der Waals surface area contributed by atoms with Crippen molar-refractivity contribution in [1.29, 1.82) is 0 Å². The van der Waals surface area contributed by atoms with Gasteiger partial charge in [0.05, 0.1) is 37.8 Å². The number of rotatable bonds is 7. The summed E-state index contributed by atoms with van der Waals surface area (Å²) in [4.78, 5) is 2.27. The van der Waals surface area contributed by atoms with E-state index in [1.54, 1.807) is 0 Å². The Balaban J connectivity index is 2.33. The van der Waals surface area contributed by atoms with Crippen molar-refractivity contribution < 1.29 is 14.2 Å². The lowest BCUT2D eigenvalue weighted by molar-refractivity contribution is 0.122. The quantitative estimate of drug-likeness (QED) is 0.719. The molecule has 7 heteroatoms. The molecule has 0 spiro atoms. The zero-order valence-corrected chi connectivity index (χ0v) is 16.4. The van der Waals surface area contributed by atoms with Crippen molar-refractivity contribution in [1.82, 2.24) is 5.32 Å². The van der Waals surface area contributed by atoms with Gasteiger partial charge in [0.15, 0.2) is 5.11 Å². The van der Waals surface area contributed by atoms with Crippen LogP contribution in [0.5, 0.6) is 11.5 Å². The molecule has 25 heavy (non-hydrogen) atoms. The van der Waals surface area contributed by atoms with Crippen LogP contribution in [0.15, 0.2) is 12.1 Å². The van der Waals surface area contributed by atoms with Gasteiger partial charge in [-0.25, -0.2) is 0 Å². The number of nitrogens with one attached hydrogen (secondary N) is 2. The second-order valence-electron chi connectivity index (χ2n) is 6.03. The summed E-state index contributed by atoms with van der Waals surface area (Å²) in [6, 6.07) is 4.25. The first-order valence-electron chi connectivity index (χ1n) is 8.89. The van der Waals surface area contributed by atoms with Crippen LogP contribution in [0.3, 0.4) is 0 Å². The fraction of sp³-hybridized carbons (Fsp3) is 0.611. The van der Waals surface area contributed by atoms with Crippen LogP contribution in [0.25, 0.3) is 0 Å². The highest BCUT2D eigenvalue weighted by Crippen LogP contribution is 2.39. The normalized spacial score (nSPS) is 14.4. The SMILES string of the molecule is CCOc1cc(N2CCOCC2)c(OCC)cc1NC(=S)NC(C)C. The predicted octanol–water partition coefficient (Wildman–Crippen LogP) is 3.02. The van der Waals surface area contributed by atoms with Gasteiger partial charge < -0.3 is 29.7 Å². The Morgan fingerprint density at radius 3 is 2.40 bits per heavy atom. The van der Waals surface area contributed by atoms with Gasteiger partial charge >= 0.3 is 0 Å². The molecule has 0 aromatic heterocycles. The largest absolute Gasteiger partial charge is 0.492 e. The van der Waals surface area contributed by atoms with Crippen molar-refractivity contribution in [2.75, 3.05) is 49.7 Å². The first kappa shape index (κ1) is 19.6. The first-order chi connectivity index (χ1) is 12.0. The van der Waals surface area contributed by atoms with Gasteiger partial charge in [0, 0.05) is 31.3 Å². The van der Waals surface area contributed by atoms with Gasteiger partial charge in [0.2, 0.25) is 0 Å². The van der Waals surface area contributed by atoms with E-state index >= 15 is 0 Å². The molecule has 1 aliphatic heterocycles. The smallest absolute Gasteiger partial charge is 0.171 e. The molecule has 1 aromatic rings. The predicted molar refractivity (Wildman–Crippen MR) is 106 cm³/mol. The van der Waals surface area contributed by atoms with Crippen LogP contribution < -0.4 is 25.0 Å². The summed E-state index contributed by atoms with van der Waals surface area (Å²) in [6.07, 6.45) is 0.